The molecule has 0 saturated heterocycles. The van der Waals surface area contributed by atoms with Gasteiger partial charge < -0.3 is 0 Å². The molecule has 0 spiro atoms. The highest BCUT2D eigenvalue weighted by molar-refractivity contribution is 4.91. The summed E-state index contributed by atoms with van der Waals surface area (Å²) in [5, 5.41) is 6.32. The van der Waals surface area contributed by atoms with E-state index in [-0.39, 0.29) is 5.69 Å². The predicted molar refractivity (Wildman–Crippen MR) is 28.4 cm³/mol. The molecule has 1 aromatic rings. The minimum Gasteiger partial charge on any atom is -0.237 e. The third-order valence-corrected chi connectivity index (χ3v) is 0.870. The van der Waals surface area contributed by atoms with Crippen LogP contribution in [0, 0.1) is 6.20 Å². The number of nitrogens with zero attached hydrogens (tertiary/aromatic N) is 3. The first-order valence-electron chi connectivity index (χ1n) is 2.69. The third kappa shape index (κ3) is 2.92. The van der Waals surface area contributed by atoms with E-state index in [2.05, 4.69) is 15.2 Å². The Balaban J connectivity index is 2.66. The van der Waals surface area contributed by atoms with Crippen LogP contribution in [0.5, 0.6) is 0 Å². The number of alkyl halides is 3. The lowest BCUT2D eigenvalue weighted by molar-refractivity contribution is -0.127. The van der Waals surface area contributed by atoms with E-state index in [1.54, 1.807) is 0 Å². The van der Waals surface area contributed by atoms with Crippen molar-refractivity contribution in [2.75, 3.05) is 0 Å². The molecule has 0 N–H and O–H groups in total. The molecule has 0 aliphatic rings. The van der Waals surface area contributed by atoms with Gasteiger partial charge >= 0.3 is 6.18 Å². The summed E-state index contributed by atoms with van der Waals surface area (Å²) >= 11 is 0. The van der Waals surface area contributed by atoms with Gasteiger partial charge in [-0.05, 0) is 0 Å². The van der Waals surface area contributed by atoms with Gasteiger partial charge in [-0.25, -0.2) is 4.98 Å². The zero-order valence-corrected chi connectivity index (χ0v) is 5.26. The Labute approximate surface area is 60.3 Å². The quantitative estimate of drug-likeness (QED) is 0.612. The van der Waals surface area contributed by atoms with Crippen molar-refractivity contribution in [1.29, 1.82) is 0 Å². The molecule has 0 atom stereocenters. The lowest BCUT2D eigenvalue weighted by Gasteiger charge is -2.02. The van der Waals surface area contributed by atoms with E-state index in [1.807, 2.05) is 6.20 Å². The summed E-state index contributed by atoms with van der Waals surface area (Å²) in [6.45, 7) is 0. The van der Waals surface area contributed by atoms with Crippen LogP contribution in [-0.2, 0) is 6.42 Å². The van der Waals surface area contributed by atoms with Crippen LogP contribution in [0.3, 0.4) is 0 Å². The maximum absolute atomic E-state index is 11.6. The van der Waals surface area contributed by atoms with Crippen LogP contribution in [-0.4, -0.2) is 21.4 Å². The Kier molecular flexibility index (Phi) is 2.02. The standard InChI is InChI=1S/C5H3F3N3/c6-5(7,8)1-4-2-10-11-3-9-4/h3H,1H2. The zero-order valence-electron chi connectivity index (χ0n) is 5.26. The average molecular weight is 162 g/mol. The topological polar surface area (TPSA) is 38.7 Å². The van der Waals surface area contributed by atoms with Crippen molar-refractivity contribution in [3.63, 3.8) is 0 Å². The molecule has 0 aliphatic heterocycles. The molecule has 0 fully saturated rings. The number of rotatable bonds is 1. The second-order valence-electron chi connectivity index (χ2n) is 1.81. The summed E-state index contributed by atoms with van der Waals surface area (Å²) in [5.74, 6) is 0. The van der Waals surface area contributed by atoms with Gasteiger partial charge in [0.05, 0.1) is 12.1 Å². The molecule has 0 saturated carbocycles. The van der Waals surface area contributed by atoms with Crippen LogP contribution >= 0.6 is 0 Å². The molecule has 0 unspecified atom stereocenters. The van der Waals surface area contributed by atoms with Crippen molar-refractivity contribution in [1.82, 2.24) is 15.2 Å². The number of hydrogen-bond donors (Lipinski definition) is 0. The lowest BCUT2D eigenvalue weighted by Crippen LogP contribution is -2.13. The lowest BCUT2D eigenvalue weighted by atomic mass is 10.3. The van der Waals surface area contributed by atoms with Gasteiger partial charge in [0, 0.05) is 0 Å². The molecule has 0 aliphatic carbocycles. The van der Waals surface area contributed by atoms with E-state index < -0.39 is 12.6 Å². The van der Waals surface area contributed by atoms with Crippen molar-refractivity contribution < 1.29 is 13.2 Å². The highest BCUT2D eigenvalue weighted by atomic mass is 19.4. The first-order chi connectivity index (χ1) is 5.08. The van der Waals surface area contributed by atoms with E-state index in [4.69, 9.17) is 0 Å². The Morgan fingerprint density at radius 1 is 1.45 bits per heavy atom. The van der Waals surface area contributed by atoms with Crippen molar-refractivity contribution >= 4 is 0 Å². The largest absolute Gasteiger partial charge is 0.394 e. The Morgan fingerprint density at radius 2 is 2.18 bits per heavy atom. The molecule has 1 aromatic heterocycles. The van der Waals surface area contributed by atoms with Crippen LogP contribution in [0.25, 0.3) is 0 Å². The van der Waals surface area contributed by atoms with Crippen molar-refractivity contribution in [3.05, 3.63) is 18.2 Å². The van der Waals surface area contributed by atoms with Gasteiger partial charge in [0.25, 0.3) is 0 Å². The summed E-state index contributed by atoms with van der Waals surface area (Å²) in [6, 6.07) is 0. The molecule has 0 bridgehead atoms. The van der Waals surface area contributed by atoms with E-state index in [9.17, 15) is 13.2 Å². The number of aromatic nitrogens is 3. The smallest absolute Gasteiger partial charge is 0.237 e. The van der Waals surface area contributed by atoms with Gasteiger partial charge in [-0.2, -0.15) is 13.2 Å². The third-order valence-electron chi connectivity index (χ3n) is 0.870. The Hall–Kier alpha value is -1.20. The monoisotopic (exact) mass is 162 g/mol. The number of hydrogen-bond acceptors (Lipinski definition) is 3. The fourth-order valence-corrected chi connectivity index (χ4v) is 0.512. The van der Waals surface area contributed by atoms with Gasteiger partial charge in [0.15, 0.2) is 0 Å². The van der Waals surface area contributed by atoms with Crippen molar-refractivity contribution in [2.45, 2.75) is 12.6 Å². The summed E-state index contributed by atoms with van der Waals surface area (Å²) in [7, 11) is 0. The van der Waals surface area contributed by atoms with E-state index in [0.717, 1.165) is 6.33 Å². The second-order valence-corrected chi connectivity index (χ2v) is 1.81. The fraction of sp³-hybridized carbons (Fsp3) is 0.400. The SMILES string of the molecule is FC(F)(F)Cc1[c]nncn1. The zero-order chi connectivity index (χ0) is 8.32. The van der Waals surface area contributed by atoms with E-state index in [1.165, 1.54) is 0 Å². The molecule has 3 nitrogen and oxygen atoms in total. The molecular formula is C5H3F3N3. The number of halogens is 3. The molecule has 11 heavy (non-hydrogen) atoms. The average Bonchev–Trinajstić information content (AvgIpc) is 1.85. The normalized spacial score (nSPS) is 11.5. The maximum Gasteiger partial charge on any atom is 0.394 e. The minimum atomic E-state index is -4.26. The van der Waals surface area contributed by atoms with Crippen LogP contribution in [0.1, 0.15) is 5.69 Å². The van der Waals surface area contributed by atoms with Crippen LogP contribution in [0.15, 0.2) is 6.33 Å². The van der Waals surface area contributed by atoms with Crippen LogP contribution < -0.4 is 0 Å². The van der Waals surface area contributed by atoms with Crippen molar-refractivity contribution in [2.24, 2.45) is 0 Å². The molecule has 0 amide bonds. The van der Waals surface area contributed by atoms with Gasteiger partial charge in [0.1, 0.15) is 12.5 Å². The molecule has 59 valence electrons. The molecule has 1 radical (unpaired) electrons. The minimum absolute atomic E-state index is 0.243. The maximum atomic E-state index is 11.6. The summed E-state index contributed by atoms with van der Waals surface area (Å²) in [5.41, 5.74) is -0.243. The Morgan fingerprint density at radius 3 is 2.64 bits per heavy atom. The van der Waals surface area contributed by atoms with Gasteiger partial charge in [-0.3, -0.25) is 0 Å². The van der Waals surface area contributed by atoms with E-state index in [0.29, 0.717) is 0 Å². The van der Waals surface area contributed by atoms with E-state index >= 15 is 0 Å². The summed E-state index contributed by atoms with van der Waals surface area (Å²) < 4.78 is 34.9. The molecule has 0 aromatic carbocycles. The van der Waals surface area contributed by atoms with Crippen LogP contribution in [0.2, 0.25) is 0 Å². The summed E-state index contributed by atoms with van der Waals surface area (Å²) in [4.78, 5) is 3.31. The van der Waals surface area contributed by atoms with Crippen molar-refractivity contribution in [3.8, 4) is 0 Å². The van der Waals surface area contributed by atoms with Gasteiger partial charge in [-0.15, -0.1) is 10.2 Å². The van der Waals surface area contributed by atoms with Crippen LogP contribution in [0.4, 0.5) is 13.2 Å². The molecular weight excluding hydrogens is 159 g/mol. The second kappa shape index (κ2) is 2.81. The highest BCUT2D eigenvalue weighted by Gasteiger charge is 2.28. The van der Waals surface area contributed by atoms with Gasteiger partial charge in [-0.1, -0.05) is 0 Å². The summed E-state index contributed by atoms with van der Waals surface area (Å²) in [6.07, 6.45) is -2.38. The highest BCUT2D eigenvalue weighted by Crippen LogP contribution is 2.18. The Bertz CT molecular complexity index is 220. The first kappa shape index (κ1) is 7.90. The van der Waals surface area contributed by atoms with Gasteiger partial charge in [0.2, 0.25) is 0 Å². The molecule has 1 heterocycles. The fourth-order valence-electron chi connectivity index (χ4n) is 0.512. The molecule has 1 rings (SSSR count). The predicted octanol–water partition coefficient (Wildman–Crippen LogP) is 0.777. The first-order valence-corrected chi connectivity index (χ1v) is 2.69. The molecule has 6 heteroatoms.